The van der Waals surface area contributed by atoms with E-state index in [-0.39, 0.29) is 10.8 Å². The van der Waals surface area contributed by atoms with E-state index >= 15 is 0 Å². The van der Waals surface area contributed by atoms with Gasteiger partial charge >= 0.3 is 0 Å². The second kappa shape index (κ2) is 8.52. The van der Waals surface area contributed by atoms with E-state index in [9.17, 15) is 13.2 Å². The Morgan fingerprint density at radius 3 is 2.38 bits per heavy atom. The molecule has 2 heterocycles. The van der Waals surface area contributed by atoms with Crippen LogP contribution in [0.4, 0.5) is 0 Å². The van der Waals surface area contributed by atoms with E-state index in [1.165, 1.54) is 27.7 Å². The quantitative estimate of drug-likeness (QED) is 0.626. The Morgan fingerprint density at radius 1 is 0.938 bits per heavy atom. The maximum Gasteiger partial charge on any atom is 0.251 e. The fourth-order valence-electron chi connectivity index (χ4n) is 4.56. The number of nitrogens with zero attached hydrogens (tertiary/aromatic N) is 3. The largest absolute Gasteiger partial charge is 0.346 e. The molecule has 0 saturated carbocycles. The molecule has 1 aliphatic carbocycles. The van der Waals surface area contributed by atoms with Gasteiger partial charge < -0.3 is 5.32 Å². The van der Waals surface area contributed by atoms with Gasteiger partial charge in [0.05, 0.1) is 22.8 Å². The van der Waals surface area contributed by atoms with Crippen LogP contribution in [0.25, 0.3) is 5.69 Å². The van der Waals surface area contributed by atoms with Crippen molar-refractivity contribution in [2.24, 2.45) is 0 Å². The molecule has 2 aromatic carbocycles. The van der Waals surface area contributed by atoms with E-state index in [1.54, 1.807) is 12.1 Å². The van der Waals surface area contributed by atoms with Crippen molar-refractivity contribution in [3.63, 3.8) is 0 Å². The zero-order valence-electron chi connectivity index (χ0n) is 17.8. The lowest BCUT2D eigenvalue weighted by Crippen LogP contribution is -2.28. The van der Waals surface area contributed by atoms with E-state index in [1.807, 2.05) is 35.0 Å². The Morgan fingerprint density at radius 2 is 1.66 bits per heavy atom. The third kappa shape index (κ3) is 3.84. The smallest absolute Gasteiger partial charge is 0.251 e. The predicted molar refractivity (Wildman–Crippen MR) is 121 cm³/mol. The number of carbonyl (C=O) groups excluding carboxylic acids is 1. The van der Waals surface area contributed by atoms with Crippen molar-refractivity contribution >= 4 is 15.9 Å². The molecule has 7 nitrogen and oxygen atoms in total. The molecule has 2 aliphatic rings. The van der Waals surface area contributed by atoms with Gasteiger partial charge in [-0.05, 0) is 74.1 Å². The summed E-state index contributed by atoms with van der Waals surface area (Å²) in [5.74, 6) is -0.240. The second-order valence-electron chi connectivity index (χ2n) is 8.29. The number of nitrogens with one attached hydrogen (secondary N) is 1. The normalized spacial score (nSPS) is 16.2. The molecule has 1 fully saturated rings. The summed E-state index contributed by atoms with van der Waals surface area (Å²) in [6.07, 6.45) is 4.83. The maximum absolute atomic E-state index is 12.7. The van der Waals surface area contributed by atoms with Crippen molar-refractivity contribution in [1.82, 2.24) is 19.4 Å². The van der Waals surface area contributed by atoms with Crippen LogP contribution in [0, 0.1) is 0 Å². The third-order valence-corrected chi connectivity index (χ3v) is 8.16. The van der Waals surface area contributed by atoms with Crippen LogP contribution in [0.15, 0.2) is 59.5 Å². The summed E-state index contributed by atoms with van der Waals surface area (Å²) < 4.78 is 28.8. The second-order valence-corrected chi connectivity index (χ2v) is 10.2. The number of aromatic nitrogens is 2. The molecule has 0 unspecified atom stereocenters. The zero-order chi connectivity index (χ0) is 22.1. The molecular weight excluding hydrogens is 424 g/mol. The number of benzene rings is 2. The van der Waals surface area contributed by atoms with Crippen LogP contribution in [0.2, 0.25) is 0 Å². The van der Waals surface area contributed by atoms with E-state index < -0.39 is 10.0 Å². The lowest BCUT2D eigenvalue weighted by molar-refractivity contribution is 0.0950. The van der Waals surface area contributed by atoms with Crippen molar-refractivity contribution in [2.45, 2.75) is 43.5 Å². The minimum Gasteiger partial charge on any atom is -0.346 e. The van der Waals surface area contributed by atoms with Gasteiger partial charge in [-0.1, -0.05) is 18.2 Å². The monoisotopic (exact) mass is 450 g/mol. The summed E-state index contributed by atoms with van der Waals surface area (Å²) in [7, 11) is -3.48. The molecule has 3 aromatic rings. The van der Waals surface area contributed by atoms with Crippen LogP contribution in [0.3, 0.4) is 0 Å². The summed E-state index contributed by atoms with van der Waals surface area (Å²) in [5, 5.41) is 7.72. The van der Waals surface area contributed by atoms with Crippen LogP contribution in [0.1, 0.15) is 46.6 Å². The fourth-order valence-corrected chi connectivity index (χ4v) is 6.08. The SMILES string of the molecule is O=C(NCc1nn(-c2ccccc2)c2c1CCC2)c1ccc(S(=O)(=O)N2CCCC2)cc1. The van der Waals surface area contributed by atoms with Crippen LogP contribution in [-0.4, -0.2) is 41.5 Å². The average molecular weight is 451 g/mol. The van der Waals surface area contributed by atoms with Gasteiger partial charge in [0.2, 0.25) is 10.0 Å². The van der Waals surface area contributed by atoms with Crippen molar-refractivity contribution in [1.29, 1.82) is 0 Å². The summed E-state index contributed by atoms with van der Waals surface area (Å²) in [5.41, 5.74) is 4.79. The number of sulfonamides is 1. The number of para-hydroxylation sites is 1. The van der Waals surface area contributed by atoms with E-state index in [0.29, 0.717) is 25.2 Å². The standard InChI is InChI=1S/C24H26N4O3S/c29-24(18-11-13-20(14-12-18)32(30,31)27-15-4-5-16-27)25-17-22-21-9-6-10-23(21)28(26-22)19-7-2-1-3-8-19/h1-3,7-8,11-14H,4-6,9-10,15-17H2,(H,25,29). The number of hydrogen-bond donors (Lipinski definition) is 1. The van der Waals surface area contributed by atoms with Gasteiger partial charge in [0.1, 0.15) is 0 Å². The number of amides is 1. The molecule has 0 spiro atoms. The summed E-state index contributed by atoms with van der Waals surface area (Å²) >= 11 is 0. The molecular formula is C24H26N4O3S. The molecule has 8 heteroatoms. The summed E-state index contributed by atoms with van der Waals surface area (Å²) in [6.45, 7) is 1.46. The molecule has 0 radical (unpaired) electrons. The molecule has 0 bridgehead atoms. The van der Waals surface area contributed by atoms with Crippen LogP contribution < -0.4 is 5.32 Å². The topological polar surface area (TPSA) is 84.3 Å². The first kappa shape index (κ1) is 20.9. The van der Waals surface area contributed by atoms with Crippen LogP contribution >= 0.6 is 0 Å². The molecule has 5 rings (SSSR count). The van der Waals surface area contributed by atoms with Crippen molar-refractivity contribution < 1.29 is 13.2 Å². The van der Waals surface area contributed by atoms with Crippen molar-refractivity contribution in [2.75, 3.05) is 13.1 Å². The van der Waals surface area contributed by atoms with E-state index in [4.69, 9.17) is 5.10 Å². The van der Waals surface area contributed by atoms with E-state index in [2.05, 4.69) is 5.32 Å². The number of fused-ring (bicyclic) bond motifs is 1. The van der Waals surface area contributed by atoms with Gasteiger partial charge in [-0.3, -0.25) is 4.79 Å². The van der Waals surface area contributed by atoms with Crippen molar-refractivity contribution in [3.05, 3.63) is 77.1 Å². The molecule has 1 amide bonds. The molecule has 1 N–H and O–H groups in total. The van der Waals surface area contributed by atoms with Gasteiger partial charge in [-0.2, -0.15) is 9.40 Å². The van der Waals surface area contributed by atoms with Crippen LogP contribution in [0.5, 0.6) is 0 Å². The minimum absolute atomic E-state index is 0.232. The molecule has 166 valence electrons. The first-order valence-corrected chi connectivity index (χ1v) is 12.5. The highest BCUT2D eigenvalue weighted by Gasteiger charge is 2.27. The lowest BCUT2D eigenvalue weighted by Gasteiger charge is -2.15. The van der Waals surface area contributed by atoms with Crippen LogP contribution in [-0.2, 0) is 29.4 Å². The van der Waals surface area contributed by atoms with Gasteiger partial charge in [0.15, 0.2) is 0 Å². The predicted octanol–water partition coefficient (Wildman–Crippen LogP) is 3.08. The zero-order valence-corrected chi connectivity index (χ0v) is 18.6. The highest BCUT2D eigenvalue weighted by atomic mass is 32.2. The Kier molecular flexibility index (Phi) is 5.57. The number of rotatable bonds is 6. The number of hydrogen-bond acceptors (Lipinski definition) is 4. The maximum atomic E-state index is 12.7. The lowest BCUT2D eigenvalue weighted by atomic mass is 10.2. The Labute approximate surface area is 188 Å². The first-order chi connectivity index (χ1) is 15.5. The third-order valence-electron chi connectivity index (χ3n) is 6.25. The molecule has 0 atom stereocenters. The Bertz CT molecular complexity index is 1230. The van der Waals surface area contributed by atoms with Gasteiger partial charge in [0, 0.05) is 24.3 Å². The molecule has 1 aliphatic heterocycles. The Balaban J connectivity index is 1.29. The van der Waals surface area contributed by atoms with E-state index in [0.717, 1.165) is 43.5 Å². The highest BCUT2D eigenvalue weighted by Crippen LogP contribution is 2.28. The average Bonchev–Trinajstić information content (AvgIpc) is 3.57. The first-order valence-electron chi connectivity index (χ1n) is 11.1. The Hall–Kier alpha value is -2.97. The molecule has 1 aromatic heterocycles. The van der Waals surface area contributed by atoms with Crippen molar-refractivity contribution in [3.8, 4) is 5.69 Å². The minimum atomic E-state index is -3.48. The van der Waals surface area contributed by atoms with Gasteiger partial charge in [-0.25, -0.2) is 13.1 Å². The fraction of sp³-hybridized carbons (Fsp3) is 0.333. The number of carbonyl (C=O) groups is 1. The molecule has 1 saturated heterocycles. The summed E-state index contributed by atoms with van der Waals surface area (Å²) in [4.78, 5) is 12.9. The molecule has 32 heavy (non-hydrogen) atoms. The highest BCUT2D eigenvalue weighted by molar-refractivity contribution is 7.89. The van der Waals surface area contributed by atoms with Gasteiger partial charge in [0.25, 0.3) is 5.91 Å². The summed E-state index contributed by atoms with van der Waals surface area (Å²) in [6, 6.07) is 16.2. The van der Waals surface area contributed by atoms with Gasteiger partial charge in [-0.15, -0.1) is 0 Å².